The Morgan fingerprint density at radius 1 is 1.22 bits per heavy atom. The Labute approximate surface area is 109 Å². The van der Waals surface area contributed by atoms with Crippen LogP contribution in [0.4, 0.5) is 0 Å². The standard InChI is InChI=1S/C11H13NO5S/c13-11(9-3-5-10(18)6-4-9)16-7-1-2-8-17-12(14)15/h3-6,18H,1-2,7-8H2. The fourth-order valence-corrected chi connectivity index (χ4v) is 1.34. The van der Waals surface area contributed by atoms with Gasteiger partial charge in [0.1, 0.15) is 0 Å². The molecule has 1 rings (SSSR count). The number of thiol groups is 1. The third-order valence-electron chi connectivity index (χ3n) is 2.07. The van der Waals surface area contributed by atoms with E-state index in [0.29, 0.717) is 18.4 Å². The summed E-state index contributed by atoms with van der Waals surface area (Å²) < 4.78 is 4.99. The molecule has 18 heavy (non-hydrogen) atoms. The van der Waals surface area contributed by atoms with Crippen molar-refractivity contribution in [1.29, 1.82) is 0 Å². The minimum Gasteiger partial charge on any atom is -0.462 e. The zero-order valence-electron chi connectivity index (χ0n) is 9.57. The molecule has 0 aliphatic carbocycles. The Morgan fingerprint density at radius 2 is 1.83 bits per heavy atom. The van der Waals surface area contributed by atoms with Gasteiger partial charge < -0.3 is 9.57 Å². The van der Waals surface area contributed by atoms with Crippen LogP contribution < -0.4 is 0 Å². The zero-order chi connectivity index (χ0) is 13.4. The van der Waals surface area contributed by atoms with Crippen LogP contribution in [0.25, 0.3) is 0 Å². The van der Waals surface area contributed by atoms with Gasteiger partial charge in [-0.15, -0.1) is 22.7 Å². The number of esters is 1. The normalized spacial score (nSPS) is 9.83. The summed E-state index contributed by atoms with van der Waals surface area (Å²) in [4.78, 5) is 26.2. The molecule has 0 heterocycles. The highest BCUT2D eigenvalue weighted by Gasteiger charge is 2.06. The summed E-state index contributed by atoms with van der Waals surface area (Å²) in [6.07, 6.45) is 0.980. The number of nitrogens with zero attached hydrogens (tertiary/aromatic N) is 1. The van der Waals surface area contributed by atoms with E-state index in [0.717, 1.165) is 4.90 Å². The molecular weight excluding hydrogens is 258 g/mol. The van der Waals surface area contributed by atoms with Gasteiger partial charge in [0.2, 0.25) is 0 Å². The van der Waals surface area contributed by atoms with E-state index in [1.54, 1.807) is 24.3 Å². The van der Waals surface area contributed by atoms with Crippen molar-refractivity contribution in [2.24, 2.45) is 0 Å². The maximum Gasteiger partial charge on any atom is 0.338 e. The number of hydrogen-bond donors (Lipinski definition) is 1. The number of hydrogen-bond acceptors (Lipinski definition) is 6. The zero-order valence-corrected chi connectivity index (χ0v) is 10.5. The van der Waals surface area contributed by atoms with Crippen molar-refractivity contribution < 1.29 is 19.5 Å². The first-order valence-electron chi connectivity index (χ1n) is 5.33. The summed E-state index contributed by atoms with van der Waals surface area (Å²) in [6.45, 7) is 0.224. The van der Waals surface area contributed by atoms with Crippen LogP contribution in [0.5, 0.6) is 0 Å². The van der Waals surface area contributed by atoms with E-state index in [-0.39, 0.29) is 13.2 Å². The monoisotopic (exact) mass is 271 g/mol. The molecule has 0 fully saturated rings. The largest absolute Gasteiger partial charge is 0.462 e. The quantitative estimate of drug-likeness (QED) is 0.270. The molecule has 0 aromatic heterocycles. The van der Waals surface area contributed by atoms with Crippen molar-refractivity contribution in [3.8, 4) is 0 Å². The number of benzene rings is 1. The molecule has 0 aliphatic heterocycles. The molecule has 0 saturated carbocycles. The maximum atomic E-state index is 11.5. The van der Waals surface area contributed by atoms with E-state index in [1.165, 1.54) is 0 Å². The predicted molar refractivity (Wildman–Crippen MR) is 66.2 cm³/mol. The third-order valence-corrected chi connectivity index (χ3v) is 2.37. The van der Waals surface area contributed by atoms with Crippen LogP contribution in [0.3, 0.4) is 0 Å². The Kier molecular flexibility index (Phi) is 5.99. The van der Waals surface area contributed by atoms with Crippen LogP contribution in [0.2, 0.25) is 0 Å². The molecule has 98 valence electrons. The molecule has 6 nitrogen and oxygen atoms in total. The highest BCUT2D eigenvalue weighted by molar-refractivity contribution is 7.80. The smallest absolute Gasteiger partial charge is 0.338 e. The summed E-state index contributed by atoms with van der Waals surface area (Å²) in [5.41, 5.74) is 0.453. The SMILES string of the molecule is O=C(OCCCCO[N+](=O)[O-])c1ccc(S)cc1. The van der Waals surface area contributed by atoms with Crippen molar-refractivity contribution in [3.05, 3.63) is 39.9 Å². The lowest BCUT2D eigenvalue weighted by Crippen LogP contribution is -2.08. The van der Waals surface area contributed by atoms with Gasteiger partial charge in [0.15, 0.2) is 0 Å². The average Bonchev–Trinajstić information content (AvgIpc) is 2.34. The maximum absolute atomic E-state index is 11.5. The summed E-state index contributed by atoms with van der Waals surface area (Å²) in [6, 6.07) is 6.65. The molecule has 1 aromatic rings. The topological polar surface area (TPSA) is 78.7 Å². The van der Waals surface area contributed by atoms with Gasteiger partial charge in [-0.2, -0.15) is 0 Å². The van der Waals surface area contributed by atoms with Crippen LogP contribution in [-0.2, 0) is 9.57 Å². The van der Waals surface area contributed by atoms with E-state index in [2.05, 4.69) is 17.5 Å². The number of carbonyl (C=O) groups excluding carboxylic acids is 1. The molecule has 0 amide bonds. The molecule has 0 aliphatic rings. The van der Waals surface area contributed by atoms with Gasteiger partial charge in [0.05, 0.1) is 18.8 Å². The molecule has 0 atom stereocenters. The first kappa shape index (κ1) is 14.3. The second-order valence-electron chi connectivity index (χ2n) is 3.45. The van der Waals surface area contributed by atoms with Crippen molar-refractivity contribution in [3.63, 3.8) is 0 Å². The molecule has 7 heteroatoms. The second kappa shape index (κ2) is 7.54. The average molecular weight is 271 g/mol. The van der Waals surface area contributed by atoms with Gasteiger partial charge in [0.25, 0.3) is 5.09 Å². The van der Waals surface area contributed by atoms with E-state index in [1.807, 2.05) is 0 Å². The predicted octanol–water partition coefficient (Wildman–Crippen LogP) is 2.12. The Bertz CT molecular complexity index is 406. The summed E-state index contributed by atoms with van der Waals surface area (Å²) in [5.74, 6) is -0.418. The van der Waals surface area contributed by atoms with E-state index in [4.69, 9.17) is 4.74 Å². The number of rotatable bonds is 7. The first-order valence-corrected chi connectivity index (χ1v) is 5.78. The second-order valence-corrected chi connectivity index (χ2v) is 3.96. The third kappa shape index (κ3) is 5.53. The molecule has 1 aromatic carbocycles. The lowest BCUT2D eigenvalue weighted by Gasteiger charge is -2.04. The lowest BCUT2D eigenvalue weighted by atomic mass is 10.2. The molecule has 0 saturated heterocycles. The van der Waals surface area contributed by atoms with Crippen molar-refractivity contribution in [1.82, 2.24) is 0 Å². The molecule has 0 bridgehead atoms. The van der Waals surface area contributed by atoms with Gasteiger partial charge in [-0.05, 0) is 37.1 Å². The molecular formula is C11H13NO5S. The minimum atomic E-state index is -0.842. The van der Waals surface area contributed by atoms with Crippen LogP contribution in [0.15, 0.2) is 29.2 Å². The van der Waals surface area contributed by atoms with Crippen LogP contribution in [0, 0.1) is 10.1 Å². The van der Waals surface area contributed by atoms with Gasteiger partial charge in [0, 0.05) is 4.90 Å². The van der Waals surface area contributed by atoms with Crippen LogP contribution in [0.1, 0.15) is 23.2 Å². The summed E-state index contributed by atoms with van der Waals surface area (Å²) >= 11 is 4.10. The first-order chi connectivity index (χ1) is 8.59. The fourth-order valence-electron chi connectivity index (χ4n) is 1.19. The molecule has 0 spiro atoms. The van der Waals surface area contributed by atoms with E-state index >= 15 is 0 Å². The van der Waals surface area contributed by atoms with Crippen LogP contribution >= 0.6 is 12.6 Å². The van der Waals surface area contributed by atoms with E-state index < -0.39 is 11.1 Å². The number of ether oxygens (including phenoxy) is 1. The molecule has 0 unspecified atom stereocenters. The fraction of sp³-hybridized carbons (Fsp3) is 0.364. The van der Waals surface area contributed by atoms with Crippen molar-refractivity contribution in [2.45, 2.75) is 17.7 Å². The highest BCUT2D eigenvalue weighted by atomic mass is 32.1. The Balaban J connectivity index is 2.17. The van der Waals surface area contributed by atoms with Gasteiger partial charge in [-0.25, -0.2) is 4.79 Å². The van der Waals surface area contributed by atoms with Gasteiger partial charge in [-0.1, -0.05) is 0 Å². The molecule has 0 radical (unpaired) electrons. The van der Waals surface area contributed by atoms with E-state index in [9.17, 15) is 14.9 Å². The van der Waals surface area contributed by atoms with Crippen LogP contribution in [-0.4, -0.2) is 24.3 Å². The molecule has 0 N–H and O–H groups in total. The van der Waals surface area contributed by atoms with Gasteiger partial charge >= 0.3 is 5.97 Å². The Morgan fingerprint density at radius 3 is 2.44 bits per heavy atom. The minimum absolute atomic E-state index is 0.0128. The Hall–Kier alpha value is -1.76. The summed E-state index contributed by atoms with van der Waals surface area (Å²) in [5, 5.41) is 9.00. The van der Waals surface area contributed by atoms with Crippen molar-refractivity contribution >= 4 is 18.6 Å². The highest BCUT2D eigenvalue weighted by Crippen LogP contribution is 2.09. The summed E-state index contributed by atoms with van der Waals surface area (Å²) in [7, 11) is 0. The van der Waals surface area contributed by atoms with Crippen molar-refractivity contribution in [2.75, 3.05) is 13.2 Å². The van der Waals surface area contributed by atoms with Gasteiger partial charge in [-0.3, -0.25) is 0 Å². The lowest BCUT2D eigenvalue weighted by molar-refractivity contribution is -0.757. The number of carbonyl (C=O) groups is 1. The number of unbranched alkanes of at least 4 members (excludes halogenated alkanes) is 1.